The first-order chi connectivity index (χ1) is 25.8. The molecule has 2 aromatic rings. The minimum Gasteiger partial charge on any atom is -0.489 e. The molecule has 6 rings (SSSR count). The number of carbonyl (C=O) groups excluding carboxylic acids is 1. The van der Waals surface area contributed by atoms with E-state index in [1.54, 1.807) is 0 Å². The van der Waals surface area contributed by atoms with E-state index in [-0.39, 0.29) is 42.2 Å². The fourth-order valence-corrected chi connectivity index (χ4v) is 8.96. The molecule has 9 nitrogen and oxygen atoms in total. The molecule has 0 spiro atoms. The Morgan fingerprint density at radius 3 is 1.67 bits per heavy atom. The number of ether oxygens (including phenoxy) is 3. The number of esters is 1. The lowest BCUT2D eigenvalue weighted by molar-refractivity contribution is -0.0500. The van der Waals surface area contributed by atoms with Gasteiger partial charge in [-0.2, -0.15) is 21.6 Å². The van der Waals surface area contributed by atoms with Crippen LogP contribution in [0.5, 0.6) is 17.2 Å². The van der Waals surface area contributed by atoms with Crippen LogP contribution in [0.15, 0.2) is 24.3 Å². The van der Waals surface area contributed by atoms with Crippen molar-refractivity contribution in [1.29, 1.82) is 0 Å². The van der Waals surface area contributed by atoms with E-state index in [0.717, 1.165) is 63.7 Å². The van der Waals surface area contributed by atoms with E-state index < -0.39 is 39.0 Å². The summed E-state index contributed by atoms with van der Waals surface area (Å²) in [6.07, 6.45) is 14.5. The van der Waals surface area contributed by atoms with Gasteiger partial charge in [0.25, 0.3) is 0 Å². The fraction of sp³-hybridized carbons (Fsp3) is 0.667. The van der Waals surface area contributed by atoms with Gasteiger partial charge in [-0.1, -0.05) is 52.4 Å². The van der Waals surface area contributed by atoms with Gasteiger partial charge in [0.2, 0.25) is 0 Å². The normalized spacial score (nSPS) is 20.9. The highest BCUT2D eigenvalue weighted by atomic mass is 32.2. The number of hydrogen-bond donors (Lipinski definition) is 0. The van der Waals surface area contributed by atoms with Gasteiger partial charge in [-0.25, -0.2) is 13.6 Å². The Bertz CT molecular complexity index is 1680. The molecular formula is C39H53F5N2O7S. The van der Waals surface area contributed by atoms with Crippen LogP contribution in [0.3, 0.4) is 0 Å². The van der Waals surface area contributed by atoms with E-state index >= 15 is 0 Å². The maximum Gasteiger partial charge on any atom is 0.534 e. The number of benzene rings is 2. The lowest BCUT2D eigenvalue weighted by atomic mass is 9.90. The number of halogens is 5. The third-order valence-corrected chi connectivity index (χ3v) is 11.9. The number of rotatable bonds is 11. The molecule has 2 aromatic carbocycles. The largest absolute Gasteiger partial charge is 0.534 e. The lowest BCUT2D eigenvalue weighted by Crippen LogP contribution is -2.50. The SMILES string of the molecule is CCCN(C1CCCCC1)[C@H]1COc2c(F)ccc(C(=O)OC)c2C1.CCCN(C1CCCCC1)[C@H]1COc2c(F)ccc(OS(=O)(=O)C(F)(F)F)c2C1. The zero-order valence-electron chi connectivity index (χ0n) is 31.4. The fourth-order valence-electron chi connectivity index (χ4n) is 8.48. The van der Waals surface area contributed by atoms with Gasteiger partial charge in [-0.3, -0.25) is 9.80 Å². The van der Waals surface area contributed by atoms with Gasteiger partial charge in [0.05, 0.1) is 12.7 Å². The van der Waals surface area contributed by atoms with E-state index in [4.69, 9.17) is 14.2 Å². The zero-order chi connectivity index (χ0) is 39.0. The molecule has 15 heteroatoms. The second kappa shape index (κ2) is 18.6. The van der Waals surface area contributed by atoms with Crippen molar-refractivity contribution in [3.05, 3.63) is 52.6 Å². The van der Waals surface area contributed by atoms with E-state index in [1.807, 2.05) is 6.92 Å². The summed E-state index contributed by atoms with van der Waals surface area (Å²) in [5, 5.41) is 0. The second-order valence-electron chi connectivity index (χ2n) is 14.6. The topological polar surface area (TPSA) is 94.6 Å². The average molecular weight is 789 g/mol. The third-order valence-electron chi connectivity index (χ3n) is 11.0. The van der Waals surface area contributed by atoms with Crippen molar-refractivity contribution in [2.24, 2.45) is 0 Å². The molecule has 0 unspecified atom stereocenters. The highest BCUT2D eigenvalue weighted by molar-refractivity contribution is 7.88. The van der Waals surface area contributed by atoms with Gasteiger partial charge in [-0.05, 0) is 88.7 Å². The van der Waals surface area contributed by atoms with Gasteiger partial charge in [0, 0.05) is 35.3 Å². The van der Waals surface area contributed by atoms with Crippen LogP contribution < -0.4 is 13.7 Å². The monoisotopic (exact) mass is 788 g/mol. The minimum atomic E-state index is -5.86. The molecule has 0 bridgehead atoms. The Morgan fingerprint density at radius 1 is 0.741 bits per heavy atom. The summed E-state index contributed by atoms with van der Waals surface area (Å²) in [4.78, 5) is 16.9. The van der Waals surface area contributed by atoms with Gasteiger partial charge < -0.3 is 18.4 Å². The quantitative estimate of drug-likeness (QED) is 0.0964. The van der Waals surface area contributed by atoms with Crippen molar-refractivity contribution < 1.29 is 53.6 Å². The summed E-state index contributed by atoms with van der Waals surface area (Å²) in [5.74, 6) is -2.14. The predicted molar refractivity (Wildman–Crippen MR) is 193 cm³/mol. The van der Waals surface area contributed by atoms with Crippen LogP contribution in [-0.4, -0.2) is 87.3 Å². The number of nitrogens with zero attached hydrogens (tertiary/aromatic N) is 2. The van der Waals surface area contributed by atoms with Gasteiger partial charge >= 0.3 is 21.6 Å². The number of methoxy groups -OCH3 is 1. The number of alkyl halides is 3. The van der Waals surface area contributed by atoms with Crippen LogP contribution in [-0.2, 0) is 27.7 Å². The van der Waals surface area contributed by atoms with Crippen LogP contribution >= 0.6 is 0 Å². The molecule has 2 heterocycles. The van der Waals surface area contributed by atoms with E-state index in [9.17, 15) is 35.2 Å². The van der Waals surface area contributed by atoms with Gasteiger partial charge in [0.15, 0.2) is 23.1 Å². The number of carbonyl (C=O) groups is 1. The van der Waals surface area contributed by atoms with Gasteiger partial charge in [0.1, 0.15) is 19.0 Å². The van der Waals surface area contributed by atoms with Crippen molar-refractivity contribution in [3.8, 4) is 17.2 Å². The van der Waals surface area contributed by atoms with Crippen molar-refractivity contribution in [1.82, 2.24) is 9.80 Å². The average Bonchev–Trinajstić information content (AvgIpc) is 3.17. The predicted octanol–water partition coefficient (Wildman–Crippen LogP) is 8.36. The van der Waals surface area contributed by atoms with E-state index in [2.05, 4.69) is 20.9 Å². The van der Waals surface area contributed by atoms with Crippen molar-refractivity contribution in [2.75, 3.05) is 33.4 Å². The Hall–Kier alpha value is -3.17. The zero-order valence-corrected chi connectivity index (χ0v) is 32.2. The molecule has 0 radical (unpaired) electrons. The molecule has 302 valence electrons. The number of fused-ring (bicyclic) bond motifs is 2. The van der Waals surface area contributed by atoms with Crippen LogP contribution in [0, 0.1) is 11.6 Å². The van der Waals surface area contributed by atoms with Crippen LogP contribution in [0.4, 0.5) is 22.0 Å². The first-order valence-corrected chi connectivity index (χ1v) is 20.7. The molecule has 2 saturated carbocycles. The highest BCUT2D eigenvalue weighted by Gasteiger charge is 2.49. The summed E-state index contributed by atoms with van der Waals surface area (Å²) in [6.45, 7) is 6.68. The molecule has 0 amide bonds. The van der Waals surface area contributed by atoms with E-state index in [0.29, 0.717) is 36.2 Å². The molecule has 2 fully saturated rings. The molecule has 2 atom stereocenters. The van der Waals surface area contributed by atoms with E-state index in [1.165, 1.54) is 57.8 Å². The van der Waals surface area contributed by atoms with Crippen LogP contribution in [0.25, 0.3) is 0 Å². The second-order valence-corrected chi connectivity index (χ2v) is 16.2. The summed E-state index contributed by atoms with van der Waals surface area (Å²) >= 11 is 0. The molecule has 0 N–H and O–H groups in total. The third kappa shape index (κ3) is 9.79. The summed E-state index contributed by atoms with van der Waals surface area (Å²) in [6, 6.07) is 5.45. The molecule has 4 aliphatic rings. The van der Waals surface area contributed by atoms with Crippen molar-refractivity contribution in [3.63, 3.8) is 0 Å². The minimum absolute atomic E-state index is 0.0194. The Kier molecular flexibility index (Phi) is 14.5. The summed E-state index contributed by atoms with van der Waals surface area (Å²) in [7, 11) is -4.51. The molecular weight excluding hydrogens is 735 g/mol. The van der Waals surface area contributed by atoms with Crippen molar-refractivity contribution in [2.45, 2.75) is 133 Å². The van der Waals surface area contributed by atoms with Gasteiger partial charge in [-0.15, -0.1) is 0 Å². The highest BCUT2D eigenvalue weighted by Crippen LogP contribution is 2.40. The molecule has 0 aromatic heterocycles. The summed E-state index contributed by atoms with van der Waals surface area (Å²) in [5.41, 5.74) is -4.48. The smallest absolute Gasteiger partial charge is 0.489 e. The van der Waals surface area contributed by atoms with Crippen molar-refractivity contribution >= 4 is 16.1 Å². The lowest BCUT2D eigenvalue weighted by Gasteiger charge is -2.42. The maximum atomic E-state index is 14.2. The molecule has 0 saturated heterocycles. The number of hydrogen-bond acceptors (Lipinski definition) is 9. The first-order valence-electron chi connectivity index (χ1n) is 19.3. The molecule has 2 aliphatic heterocycles. The van der Waals surface area contributed by atoms with Crippen LogP contribution in [0.1, 0.15) is 112 Å². The first kappa shape index (κ1) is 42.0. The Morgan fingerprint density at radius 2 is 1.20 bits per heavy atom. The van der Waals surface area contributed by atoms with Crippen LogP contribution in [0.2, 0.25) is 0 Å². The Balaban J connectivity index is 0.000000210. The summed E-state index contributed by atoms with van der Waals surface area (Å²) < 4.78 is 110. The molecule has 54 heavy (non-hydrogen) atoms. The standard InChI is InChI=1S/C20H28FNO3.C19H25F4NO4S/c1-3-11-22(14-7-5-4-6-8-14)15-12-17-16(20(23)24-2)9-10-18(21)19(17)25-13-15;1-2-10-24(13-6-4-3-5-7-13)14-11-15-17(28-29(25,26)19(21,22)23)9-8-16(20)18(15)27-12-14/h9-10,14-15H,3-8,11-13H2,1-2H3;8-9,13-14H,2-7,10-12H2,1H3/t15-;14-/m11/s1. The maximum absolute atomic E-state index is 14.2. The Labute approximate surface area is 315 Å². The molecule has 2 aliphatic carbocycles.